The number of fused-ring (bicyclic) bond motifs is 1. The normalized spacial score (nSPS) is 13.2. The second-order valence-electron chi connectivity index (χ2n) is 4.97. The summed E-state index contributed by atoms with van der Waals surface area (Å²) in [7, 11) is 1.61. The van der Waals surface area contributed by atoms with Crippen molar-refractivity contribution in [1.29, 1.82) is 0 Å². The van der Waals surface area contributed by atoms with Gasteiger partial charge in [0.2, 0.25) is 0 Å². The molecular weight excluding hydrogens is 284 g/mol. The fraction of sp³-hybridized carbons (Fsp3) is 0.235. The largest absolute Gasteiger partial charge is 0.507 e. The molecule has 114 valence electrons. The number of hydrogen-bond acceptors (Lipinski definition) is 5. The van der Waals surface area contributed by atoms with Crippen LogP contribution < -0.4 is 14.2 Å². The first kappa shape index (κ1) is 14.3. The molecule has 0 saturated heterocycles. The summed E-state index contributed by atoms with van der Waals surface area (Å²) >= 11 is 0. The Labute approximate surface area is 128 Å². The van der Waals surface area contributed by atoms with E-state index in [0.717, 1.165) is 11.3 Å². The Morgan fingerprint density at radius 3 is 2.68 bits per heavy atom. The van der Waals surface area contributed by atoms with E-state index in [1.807, 2.05) is 24.3 Å². The van der Waals surface area contributed by atoms with E-state index in [1.54, 1.807) is 13.2 Å². The van der Waals surface area contributed by atoms with Crippen LogP contribution in [0.1, 0.15) is 22.3 Å². The summed E-state index contributed by atoms with van der Waals surface area (Å²) in [6.07, 6.45) is 0.284. The van der Waals surface area contributed by atoms with Crippen molar-refractivity contribution in [3.05, 3.63) is 47.5 Å². The maximum Gasteiger partial charge on any atom is 0.173 e. The molecule has 2 aromatic carbocycles. The zero-order valence-corrected chi connectivity index (χ0v) is 12.2. The van der Waals surface area contributed by atoms with Gasteiger partial charge < -0.3 is 19.3 Å². The molecule has 0 atom stereocenters. The van der Waals surface area contributed by atoms with Crippen molar-refractivity contribution in [1.82, 2.24) is 0 Å². The van der Waals surface area contributed by atoms with Crippen LogP contribution in [-0.2, 0) is 6.61 Å². The standard InChI is InChI=1S/C17H16O5/c1-20-12-4-2-11(3-5-12)10-22-13-8-15(19)17-14(18)6-7-21-16(17)9-13/h2-5,8-9,19H,6-7,10H2,1H3. The summed E-state index contributed by atoms with van der Waals surface area (Å²) < 4.78 is 16.2. The molecule has 5 nitrogen and oxygen atoms in total. The molecule has 22 heavy (non-hydrogen) atoms. The van der Waals surface area contributed by atoms with Gasteiger partial charge in [-0.15, -0.1) is 0 Å². The summed E-state index contributed by atoms with van der Waals surface area (Å²) in [5, 5.41) is 9.98. The molecule has 1 heterocycles. The van der Waals surface area contributed by atoms with Gasteiger partial charge in [0.1, 0.15) is 35.2 Å². The van der Waals surface area contributed by atoms with Crippen molar-refractivity contribution in [3.63, 3.8) is 0 Å². The first-order valence-corrected chi connectivity index (χ1v) is 6.96. The minimum atomic E-state index is -0.111. The molecule has 0 spiro atoms. The molecular formula is C17H16O5. The van der Waals surface area contributed by atoms with Gasteiger partial charge in [0, 0.05) is 18.6 Å². The minimum Gasteiger partial charge on any atom is -0.507 e. The second kappa shape index (κ2) is 5.97. The van der Waals surface area contributed by atoms with Gasteiger partial charge in [-0.2, -0.15) is 0 Å². The SMILES string of the molecule is COc1ccc(COc2cc(O)c3c(c2)OCCC3=O)cc1. The molecule has 0 aromatic heterocycles. The molecule has 0 bridgehead atoms. The van der Waals surface area contributed by atoms with E-state index >= 15 is 0 Å². The van der Waals surface area contributed by atoms with Gasteiger partial charge in [0.05, 0.1) is 13.7 Å². The Balaban J connectivity index is 1.75. The predicted molar refractivity (Wildman–Crippen MR) is 79.9 cm³/mol. The van der Waals surface area contributed by atoms with Crippen LogP contribution in [0.25, 0.3) is 0 Å². The zero-order valence-electron chi connectivity index (χ0n) is 12.2. The number of phenolic OH excluding ortho intramolecular Hbond substituents is 1. The lowest BCUT2D eigenvalue weighted by Gasteiger charge is -2.18. The van der Waals surface area contributed by atoms with E-state index in [2.05, 4.69) is 0 Å². The fourth-order valence-electron chi connectivity index (χ4n) is 2.32. The van der Waals surface area contributed by atoms with E-state index in [-0.39, 0.29) is 23.5 Å². The number of Topliss-reactive ketones (excluding diaryl/α,β-unsaturated/α-hetero) is 1. The third-order valence-corrected chi connectivity index (χ3v) is 3.48. The molecule has 1 aliphatic heterocycles. The number of ether oxygens (including phenoxy) is 3. The van der Waals surface area contributed by atoms with Crippen LogP contribution in [0.4, 0.5) is 0 Å². The number of ketones is 1. The van der Waals surface area contributed by atoms with Crippen molar-refractivity contribution in [2.45, 2.75) is 13.0 Å². The lowest BCUT2D eigenvalue weighted by Crippen LogP contribution is -2.15. The highest BCUT2D eigenvalue weighted by Gasteiger charge is 2.23. The van der Waals surface area contributed by atoms with Crippen molar-refractivity contribution >= 4 is 5.78 Å². The van der Waals surface area contributed by atoms with Gasteiger partial charge in [-0.05, 0) is 17.7 Å². The molecule has 0 radical (unpaired) electrons. The van der Waals surface area contributed by atoms with Gasteiger partial charge >= 0.3 is 0 Å². The first-order chi connectivity index (χ1) is 10.7. The Morgan fingerprint density at radius 2 is 1.95 bits per heavy atom. The summed E-state index contributed by atoms with van der Waals surface area (Å²) in [5.74, 6) is 1.40. The van der Waals surface area contributed by atoms with Crippen LogP contribution in [0.5, 0.6) is 23.0 Å². The molecule has 0 aliphatic carbocycles. The minimum absolute atomic E-state index is 0.105. The lowest BCUT2D eigenvalue weighted by atomic mass is 10.0. The quantitative estimate of drug-likeness (QED) is 0.940. The van der Waals surface area contributed by atoms with Crippen molar-refractivity contribution < 1.29 is 24.1 Å². The Bertz CT molecular complexity index is 691. The Morgan fingerprint density at radius 1 is 1.18 bits per heavy atom. The molecule has 0 unspecified atom stereocenters. The maximum atomic E-state index is 11.8. The highest BCUT2D eigenvalue weighted by atomic mass is 16.5. The number of phenols is 1. The molecule has 1 N–H and O–H groups in total. The summed E-state index contributed by atoms with van der Waals surface area (Å²) in [5.41, 5.74) is 1.21. The van der Waals surface area contributed by atoms with Crippen LogP contribution in [0, 0.1) is 0 Å². The number of rotatable bonds is 4. The fourth-order valence-corrected chi connectivity index (χ4v) is 2.32. The predicted octanol–water partition coefficient (Wildman–Crippen LogP) is 2.95. The number of hydrogen-bond donors (Lipinski definition) is 1. The Hall–Kier alpha value is -2.69. The zero-order chi connectivity index (χ0) is 15.5. The van der Waals surface area contributed by atoms with Crippen LogP contribution in [0.15, 0.2) is 36.4 Å². The number of carbonyl (C=O) groups is 1. The summed E-state index contributed by atoms with van der Waals surface area (Å²) in [6.45, 7) is 0.670. The molecule has 0 saturated carbocycles. The smallest absolute Gasteiger partial charge is 0.173 e. The Kier molecular flexibility index (Phi) is 3.87. The van der Waals surface area contributed by atoms with Gasteiger partial charge in [-0.25, -0.2) is 0 Å². The molecule has 3 rings (SSSR count). The molecule has 5 heteroatoms. The van der Waals surface area contributed by atoms with Gasteiger partial charge in [-0.3, -0.25) is 4.79 Å². The number of benzene rings is 2. The highest BCUT2D eigenvalue weighted by Crippen LogP contribution is 2.36. The molecule has 1 aliphatic rings. The van der Waals surface area contributed by atoms with Crippen LogP contribution in [-0.4, -0.2) is 24.6 Å². The van der Waals surface area contributed by atoms with E-state index in [4.69, 9.17) is 14.2 Å². The number of methoxy groups -OCH3 is 1. The van der Waals surface area contributed by atoms with Gasteiger partial charge in [0.25, 0.3) is 0 Å². The van der Waals surface area contributed by atoms with E-state index in [1.165, 1.54) is 6.07 Å². The molecule has 0 fully saturated rings. The van der Waals surface area contributed by atoms with E-state index < -0.39 is 0 Å². The molecule has 2 aromatic rings. The van der Waals surface area contributed by atoms with Crippen LogP contribution in [0.3, 0.4) is 0 Å². The topological polar surface area (TPSA) is 65.0 Å². The highest BCUT2D eigenvalue weighted by molar-refractivity contribution is 6.02. The average molecular weight is 300 g/mol. The third kappa shape index (κ3) is 2.83. The average Bonchev–Trinajstić information content (AvgIpc) is 2.53. The second-order valence-corrected chi connectivity index (χ2v) is 4.97. The summed E-state index contributed by atoms with van der Waals surface area (Å²) in [6, 6.07) is 10.6. The first-order valence-electron chi connectivity index (χ1n) is 6.96. The monoisotopic (exact) mass is 300 g/mol. The summed E-state index contributed by atoms with van der Waals surface area (Å²) in [4.78, 5) is 11.8. The van der Waals surface area contributed by atoms with E-state index in [0.29, 0.717) is 24.7 Å². The van der Waals surface area contributed by atoms with Crippen molar-refractivity contribution in [3.8, 4) is 23.0 Å². The van der Waals surface area contributed by atoms with Crippen LogP contribution in [0.2, 0.25) is 0 Å². The van der Waals surface area contributed by atoms with Crippen LogP contribution >= 0.6 is 0 Å². The van der Waals surface area contributed by atoms with Gasteiger partial charge in [0.15, 0.2) is 5.78 Å². The van der Waals surface area contributed by atoms with Gasteiger partial charge in [-0.1, -0.05) is 12.1 Å². The number of aromatic hydroxyl groups is 1. The van der Waals surface area contributed by atoms with E-state index in [9.17, 15) is 9.90 Å². The number of carbonyl (C=O) groups excluding carboxylic acids is 1. The lowest BCUT2D eigenvalue weighted by molar-refractivity contribution is 0.0929. The maximum absolute atomic E-state index is 11.8. The third-order valence-electron chi connectivity index (χ3n) is 3.48. The van der Waals surface area contributed by atoms with Crippen molar-refractivity contribution in [2.24, 2.45) is 0 Å². The molecule has 0 amide bonds. The van der Waals surface area contributed by atoms with Crippen molar-refractivity contribution in [2.75, 3.05) is 13.7 Å².